The molecule has 0 N–H and O–H groups in total. The average Bonchev–Trinajstić information content (AvgIpc) is 2.84. The van der Waals surface area contributed by atoms with Crippen LogP contribution < -0.4 is 0 Å². The minimum atomic E-state index is -0.473. The number of likely N-dealkylation sites (N-methyl/N-ethyl adjacent to an activating group) is 1. The Hall–Kier alpha value is -2.14. The predicted octanol–water partition coefficient (Wildman–Crippen LogP) is 7.78. The quantitative estimate of drug-likeness (QED) is 0.0683. The second-order valence-corrected chi connectivity index (χ2v) is 11.3. The van der Waals surface area contributed by atoms with Gasteiger partial charge in [-0.05, 0) is 37.7 Å². The zero-order valence-electron chi connectivity index (χ0n) is 24.2. The van der Waals surface area contributed by atoms with Crippen molar-refractivity contribution in [1.82, 2.24) is 0 Å². The number of carbonyl (C=O) groups is 2. The molecule has 1 aromatic rings. The van der Waals surface area contributed by atoms with Gasteiger partial charge in [-0.25, -0.2) is 0 Å². The van der Waals surface area contributed by atoms with Crippen molar-refractivity contribution >= 4 is 11.9 Å². The van der Waals surface area contributed by atoms with Gasteiger partial charge in [-0.3, -0.25) is 9.59 Å². The van der Waals surface area contributed by atoms with Crippen molar-refractivity contribution in [1.29, 1.82) is 0 Å². The third kappa shape index (κ3) is 20.6. The van der Waals surface area contributed by atoms with E-state index >= 15 is 0 Å². The van der Waals surface area contributed by atoms with Crippen LogP contribution in [0.15, 0.2) is 42.5 Å². The van der Waals surface area contributed by atoms with Crippen LogP contribution in [0, 0.1) is 0 Å². The molecule has 5 heteroatoms. The molecule has 1 rings (SSSR count). The van der Waals surface area contributed by atoms with Gasteiger partial charge in [-0.2, -0.15) is 0 Å². The van der Waals surface area contributed by atoms with Crippen LogP contribution in [0.5, 0.6) is 0 Å². The summed E-state index contributed by atoms with van der Waals surface area (Å²) >= 11 is 0. The fraction of sp³-hybridized carbons (Fsp3) is 0.688. The summed E-state index contributed by atoms with van der Waals surface area (Å²) in [4.78, 5) is 24.8. The van der Waals surface area contributed by atoms with E-state index in [1.165, 1.54) is 57.8 Å². The summed E-state index contributed by atoms with van der Waals surface area (Å²) in [6.45, 7) is 3.06. The number of carbonyl (C=O) groups excluding carboxylic acids is 2. The second-order valence-electron chi connectivity index (χ2n) is 11.3. The maximum absolute atomic E-state index is 12.4. The lowest BCUT2D eigenvalue weighted by molar-refractivity contribution is -0.873. The SMILES string of the molecule is CCCCCCCC/C=C/CCCCCCCC(=O)O[C@H](CC(=O)OCc1ccccc1)C[N+](C)(C)C. The van der Waals surface area contributed by atoms with Crippen LogP contribution >= 0.6 is 0 Å². The number of benzene rings is 1. The van der Waals surface area contributed by atoms with E-state index in [-0.39, 0.29) is 25.0 Å². The number of rotatable bonds is 22. The third-order valence-corrected chi connectivity index (χ3v) is 6.33. The molecule has 0 amide bonds. The van der Waals surface area contributed by atoms with Gasteiger partial charge in [0, 0.05) is 6.42 Å². The summed E-state index contributed by atoms with van der Waals surface area (Å²) in [6, 6.07) is 9.60. The Bertz CT molecular complexity index is 739. The van der Waals surface area contributed by atoms with Crippen molar-refractivity contribution in [3.05, 3.63) is 48.0 Å². The number of hydrogen-bond donors (Lipinski definition) is 0. The number of ether oxygens (including phenoxy) is 2. The lowest BCUT2D eigenvalue weighted by Crippen LogP contribution is -2.44. The highest BCUT2D eigenvalue weighted by atomic mass is 16.6. The minimum absolute atomic E-state index is 0.0838. The van der Waals surface area contributed by atoms with Crippen LogP contribution in [0.25, 0.3) is 0 Å². The molecule has 210 valence electrons. The predicted molar refractivity (Wildman–Crippen MR) is 153 cm³/mol. The van der Waals surface area contributed by atoms with E-state index in [4.69, 9.17) is 9.47 Å². The van der Waals surface area contributed by atoms with Crippen molar-refractivity contribution < 1.29 is 23.5 Å². The van der Waals surface area contributed by atoms with Gasteiger partial charge in [0.2, 0.25) is 0 Å². The fourth-order valence-corrected chi connectivity index (χ4v) is 4.32. The summed E-state index contributed by atoms with van der Waals surface area (Å²) in [5, 5.41) is 0. The normalized spacial score (nSPS) is 12.5. The Morgan fingerprint density at radius 2 is 1.35 bits per heavy atom. The summed E-state index contributed by atoms with van der Waals surface area (Å²) < 4.78 is 11.7. The maximum atomic E-state index is 12.4. The minimum Gasteiger partial charge on any atom is -0.461 e. The van der Waals surface area contributed by atoms with Crippen molar-refractivity contribution in [2.24, 2.45) is 0 Å². The van der Waals surface area contributed by atoms with E-state index in [1.54, 1.807) is 0 Å². The monoisotopic (exact) mass is 516 g/mol. The number of esters is 2. The molecular formula is C32H54NO4+. The molecule has 0 aliphatic rings. The summed E-state index contributed by atoms with van der Waals surface area (Å²) in [6.07, 6.45) is 20.7. The summed E-state index contributed by atoms with van der Waals surface area (Å²) in [7, 11) is 6.08. The standard InChI is InChI=1S/C32H54NO4/c1-5-6-7-8-9-10-11-12-13-14-15-16-17-18-22-25-31(34)37-30(27-33(2,3)4)26-32(35)36-28-29-23-20-19-21-24-29/h12-13,19-21,23-24,30H,5-11,14-18,22,25-28H2,1-4H3/q+1/b13-12+/t30-/m1/s1. The zero-order chi connectivity index (χ0) is 27.2. The second kappa shape index (κ2) is 20.9. The first-order valence-corrected chi connectivity index (χ1v) is 14.6. The van der Waals surface area contributed by atoms with Gasteiger partial charge in [0.1, 0.15) is 13.2 Å². The number of hydrogen-bond acceptors (Lipinski definition) is 4. The molecule has 0 heterocycles. The van der Waals surface area contributed by atoms with Crippen molar-refractivity contribution in [2.45, 2.75) is 116 Å². The molecule has 0 aromatic heterocycles. The van der Waals surface area contributed by atoms with Gasteiger partial charge in [-0.1, -0.05) is 101 Å². The molecule has 0 saturated heterocycles. The highest BCUT2D eigenvalue weighted by Crippen LogP contribution is 2.13. The first kappa shape index (κ1) is 32.9. The topological polar surface area (TPSA) is 52.6 Å². The average molecular weight is 517 g/mol. The number of unbranched alkanes of at least 4 members (excludes halogenated alkanes) is 11. The van der Waals surface area contributed by atoms with E-state index in [0.29, 0.717) is 17.4 Å². The molecule has 0 unspecified atom stereocenters. The molecule has 0 fully saturated rings. The van der Waals surface area contributed by atoms with Crippen LogP contribution in [0.3, 0.4) is 0 Å². The lowest BCUT2D eigenvalue weighted by atomic mass is 10.1. The van der Waals surface area contributed by atoms with Crippen LogP contribution in [0.1, 0.15) is 109 Å². The number of allylic oxidation sites excluding steroid dienone is 2. The molecule has 5 nitrogen and oxygen atoms in total. The van der Waals surface area contributed by atoms with Crippen molar-refractivity contribution in [3.63, 3.8) is 0 Å². The molecule has 37 heavy (non-hydrogen) atoms. The third-order valence-electron chi connectivity index (χ3n) is 6.33. The van der Waals surface area contributed by atoms with E-state index < -0.39 is 6.10 Å². The van der Waals surface area contributed by atoms with Crippen LogP contribution in [-0.4, -0.2) is 50.2 Å². The zero-order valence-corrected chi connectivity index (χ0v) is 24.2. The van der Waals surface area contributed by atoms with Crippen LogP contribution in [-0.2, 0) is 25.7 Å². The molecule has 1 atom stereocenters. The Morgan fingerprint density at radius 3 is 1.95 bits per heavy atom. The van der Waals surface area contributed by atoms with Gasteiger partial charge >= 0.3 is 11.9 Å². The molecule has 0 saturated carbocycles. The van der Waals surface area contributed by atoms with E-state index in [2.05, 4.69) is 19.1 Å². The van der Waals surface area contributed by atoms with Crippen molar-refractivity contribution in [2.75, 3.05) is 27.7 Å². The van der Waals surface area contributed by atoms with Gasteiger partial charge < -0.3 is 14.0 Å². The fourth-order valence-electron chi connectivity index (χ4n) is 4.32. The highest BCUT2D eigenvalue weighted by Gasteiger charge is 2.25. The first-order valence-electron chi connectivity index (χ1n) is 14.6. The highest BCUT2D eigenvalue weighted by molar-refractivity contribution is 5.72. The molecule has 0 radical (unpaired) electrons. The molecule has 0 bridgehead atoms. The van der Waals surface area contributed by atoms with Crippen molar-refractivity contribution in [3.8, 4) is 0 Å². The maximum Gasteiger partial charge on any atom is 0.310 e. The lowest BCUT2D eigenvalue weighted by Gasteiger charge is -2.28. The van der Waals surface area contributed by atoms with E-state index in [1.807, 2.05) is 51.5 Å². The van der Waals surface area contributed by atoms with Gasteiger partial charge in [0.15, 0.2) is 6.10 Å². The van der Waals surface area contributed by atoms with E-state index in [0.717, 1.165) is 31.2 Å². The Morgan fingerprint density at radius 1 is 0.784 bits per heavy atom. The number of nitrogens with zero attached hydrogens (tertiary/aromatic N) is 1. The van der Waals surface area contributed by atoms with Crippen LogP contribution in [0.4, 0.5) is 0 Å². The van der Waals surface area contributed by atoms with E-state index in [9.17, 15) is 9.59 Å². The molecule has 1 aromatic carbocycles. The smallest absolute Gasteiger partial charge is 0.310 e. The Kier molecular flexibility index (Phi) is 18.5. The molecular weight excluding hydrogens is 462 g/mol. The molecule has 0 spiro atoms. The molecule has 0 aliphatic heterocycles. The number of quaternary nitrogens is 1. The van der Waals surface area contributed by atoms with Gasteiger partial charge in [0.05, 0.1) is 27.6 Å². The van der Waals surface area contributed by atoms with Gasteiger partial charge in [0.25, 0.3) is 0 Å². The van der Waals surface area contributed by atoms with Gasteiger partial charge in [-0.15, -0.1) is 0 Å². The molecule has 0 aliphatic carbocycles. The Balaban J connectivity index is 2.15. The van der Waals surface area contributed by atoms with Crippen LogP contribution in [0.2, 0.25) is 0 Å². The largest absolute Gasteiger partial charge is 0.461 e. The summed E-state index contributed by atoms with van der Waals surface area (Å²) in [5.41, 5.74) is 0.945. The summed E-state index contributed by atoms with van der Waals surface area (Å²) in [5.74, 6) is -0.553. The Labute approximate surface area is 227 Å². The first-order chi connectivity index (χ1) is 17.8.